The van der Waals surface area contributed by atoms with Gasteiger partial charge < -0.3 is 4.42 Å². The van der Waals surface area contributed by atoms with E-state index in [1.54, 1.807) is 24.5 Å². The van der Waals surface area contributed by atoms with Gasteiger partial charge in [0, 0.05) is 42.8 Å². The Morgan fingerprint density at radius 3 is 2.75 bits per heavy atom. The molecule has 1 aliphatic rings. The third kappa shape index (κ3) is 4.11. The second-order valence-electron chi connectivity index (χ2n) is 6.86. The number of aromatic nitrogens is 2. The number of oxazole rings is 1. The molecular weight excluding hydrogens is 398 g/mol. The molecule has 1 fully saturated rings. The summed E-state index contributed by atoms with van der Waals surface area (Å²) in [6.45, 7) is 0.851. The van der Waals surface area contributed by atoms with Gasteiger partial charge in [0.05, 0.1) is 6.20 Å². The summed E-state index contributed by atoms with van der Waals surface area (Å²) in [6, 6.07) is 10.8. The van der Waals surface area contributed by atoms with E-state index in [0.717, 1.165) is 24.2 Å². The number of rotatable bonds is 5. The standard InChI is InChI=1S/C20H20ClN3O3S/c21-17-7-5-15(6-8-17)11-18-12-23-20(27-18)16-3-2-10-24(14-16)28(25,26)19-4-1-9-22-13-19/h1,4-9,12-13,16H,2-3,10-11,14H2. The van der Waals surface area contributed by atoms with E-state index in [2.05, 4.69) is 9.97 Å². The van der Waals surface area contributed by atoms with Crippen LogP contribution < -0.4 is 0 Å². The Bertz CT molecular complexity index is 1040. The van der Waals surface area contributed by atoms with Crippen LogP contribution in [0.5, 0.6) is 0 Å². The third-order valence-electron chi connectivity index (χ3n) is 4.87. The van der Waals surface area contributed by atoms with Gasteiger partial charge in [-0.05, 0) is 42.7 Å². The number of hydrogen-bond acceptors (Lipinski definition) is 5. The van der Waals surface area contributed by atoms with Crippen molar-refractivity contribution in [3.05, 3.63) is 77.2 Å². The van der Waals surface area contributed by atoms with Crippen LogP contribution in [-0.4, -0.2) is 35.8 Å². The van der Waals surface area contributed by atoms with Crippen LogP contribution in [0.4, 0.5) is 0 Å². The smallest absolute Gasteiger partial charge is 0.244 e. The molecule has 1 aliphatic heterocycles. The summed E-state index contributed by atoms with van der Waals surface area (Å²) < 4.78 is 33.2. The molecule has 3 heterocycles. The van der Waals surface area contributed by atoms with Crippen molar-refractivity contribution in [2.45, 2.75) is 30.1 Å². The van der Waals surface area contributed by atoms with Gasteiger partial charge in [0.1, 0.15) is 10.7 Å². The van der Waals surface area contributed by atoms with Crippen LogP contribution in [0.15, 0.2) is 64.3 Å². The number of sulfonamides is 1. The van der Waals surface area contributed by atoms with E-state index in [1.807, 2.05) is 24.3 Å². The Morgan fingerprint density at radius 1 is 1.18 bits per heavy atom. The lowest BCUT2D eigenvalue weighted by Gasteiger charge is -2.30. The Morgan fingerprint density at radius 2 is 2.00 bits per heavy atom. The van der Waals surface area contributed by atoms with Crippen LogP contribution in [0.3, 0.4) is 0 Å². The average molecular weight is 418 g/mol. The molecule has 0 amide bonds. The molecule has 4 rings (SSSR count). The first-order valence-corrected chi connectivity index (χ1v) is 10.9. The molecule has 1 aromatic carbocycles. The molecule has 0 bridgehead atoms. The number of benzene rings is 1. The lowest BCUT2D eigenvalue weighted by Crippen LogP contribution is -2.39. The van der Waals surface area contributed by atoms with E-state index in [1.165, 1.54) is 10.5 Å². The Balaban J connectivity index is 1.48. The lowest BCUT2D eigenvalue weighted by atomic mass is 10.00. The molecule has 28 heavy (non-hydrogen) atoms. The van der Waals surface area contributed by atoms with Crippen molar-refractivity contribution in [2.24, 2.45) is 0 Å². The minimum Gasteiger partial charge on any atom is -0.445 e. The number of piperidine rings is 1. The summed E-state index contributed by atoms with van der Waals surface area (Å²) in [6.07, 6.45) is 6.90. The zero-order valence-corrected chi connectivity index (χ0v) is 16.7. The van der Waals surface area contributed by atoms with Gasteiger partial charge in [-0.3, -0.25) is 4.98 Å². The van der Waals surface area contributed by atoms with Gasteiger partial charge in [-0.2, -0.15) is 4.31 Å². The fourth-order valence-electron chi connectivity index (χ4n) is 3.41. The van der Waals surface area contributed by atoms with Crippen LogP contribution in [0, 0.1) is 0 Å². The van der Waals surface area contributed by atoms with Gasteiger partial charge in [-0.1, -0.05) is 23.7 Å². The summed E-state index contributed by atoms with van der Waals surface area (Å²) in [7, 11) is -3.56. The molecule has 146 valence electrons. The molecule has 0 aliphatic carbocycles. The Hall–Kier alpha value is -2.22. The van der Waals surface area contributed by atoms with Gasteiger partial charge in [-0.25, -0.2) is 13.4 Å². The average Bonchev–Trinajstić information content (AvgIpc) is 3.19. The van der Waals surface area contributed by atoms with Gasteiger partial charge >= 0.3 is 0 Å². The molecule has 1 unspecified atom stereocenters. The van der Waals surface area contributed by atoms with Crippen LogP contribution in [0.2, 0.25) is 5.02 Å². The second kappa shape index (κ2) is 8.03. The van der Waals surface area contributed by atoms with Crippen molar-refractivity contribution in [2.75, 3.05) is 13.1 Å². The maximum Gasteiger partial charge on any atom is 0.244 e. The normalized spacial score (nSPS) is 18.2. The number of halogens is 1. The predicted octanol–water partition coefficient (Wildman–Crippen LogP) is 3.88. The van der Waals surface area contributed by atoms with E-state index >= 15 is 0 Å². The molecular formula is C20H20ClN3O3S. The topological polar surface area (TPSA) is 76.3 Å². The highest BCUT2D eigenvalue weighted by molar-refractivity contribution is 7.89. The second-order valence-corrected chi connectivity index (χ2v) is 9.23. The summed E-state index contributed by atoms with van der Waals surface area (Å²) in [5, 5.41) is 0.694. The fraction of sp³-hybridized carbons (Fsp3) is 0.300. The molecule has 6 nitrogen and oxygen atoms in total. The molecule has 0 radical (unpaired) electrons. The van der Waals surface area contributed by atoms with Crippen molar-refractivity contribution in [1.82, 2.24) is 14.3 Å². The molecule has 2 aromatic heterocycles. The first kappa shape index (κ1) is 19.1. The van der Waals surface area contributed by atoms with E-state index in [0.29, 0.717) is 30.4 Å². The lowest BCUT2D eigenvalue weighted by molar-refractivity contribution is 0.281. The number of nitrogens with zero attached hydrogens (tertiary/aromatic N) is 3. The predicted molar refractivity (Wildman–Crippen MR) is 106 cm³/mol. The zero-order chi connectivity index (χ0) is 19.6. The first-order valence-electron chi connectivity index (χ1n) is 9.11. The minimum atomic E-state index is -3.56. The first-order chi connectivity index (χ1) is 13.5. The van der Waals surface area contributed by atoms with Crippen molar-refractivity contribution < 1.29 is 12.8 Å². The summed E-state index contributed by atoms with van der Waals surface area (Å²) >= 11 is 5.92. The van der Waals surface area contributed by atoms with Gasteiger partial charge in [0.2, 0.25) is 10.0 Å². The molecule has 1 atom stereocenters. The van der Waals surface area contributed by atoms with Gasteiger partial charge in [0.15, 0.2) is 5.89 Å². The highest BCUT2D eigenvalue weighted by atomic mass is 35.5. The van der Waals surface area contributed by atoms with E-state index in [-0.39, 0.29) is 10.8 Å². The zero-order valence-electron chi connectivity index (χ0n) is 15.2. The quantitative estimate of drug-likeness (QED) is 0.629. The molecule has 0 spiro atoms. The van der Waals surface area contributed by atoms with Crippen molar-refractivity contribution in [3.8, 4) is 0 Å². The van der Waals surface area contributed by atoms with Crippen LogP contribution in [0.25, 0.3) is 0 Å². The minimum absolute atomic E-state index is 0.0563. The van der Waals surface area contributed by atoms with Crippen molar-refractivity contribution >= 4 is 21.6 Å². The SMILES string of the molecule is O=S(=O)(c1cccnc1)N1CCCC(c2ncc(Cc3ccc(Cl)cc3)o2)C1. The highest BCUT2D eigenvalue weighted by Gasteiger charge is 2.33. The Kier molecular flexibility index (Phi) is 5.48. The van der Waals surface area contributed by atoms with E-state index in [4.69, 9.17) is 16.0 Å². The molecule has 3 aromatic rings. The van der Waals surface area contributed by atoms with Gasteiger partial charge in [0.25, 0.3) is 0 Å². The maximum absolute atomic E-state index is 12.9. The highest BCUT2D eigenvalue weighted by Crippen LogP contribution is 2.30. The van der Waals surface area contributed by atoms with Crippen LogP contribution in [0.1, 0.15) is 36.0 Å². The Labute approximate surface area is 169 Å². The summed E-state index contributed by atoms with van der Waals surface area (Å²) in [5.74, 6) is 1.29. The molecule has 1 saturated heterocycles. The largest absolute Gasteiger partial charge is 0.445 e. The molecule has 0 saturated carbocycles. The molecule has 0 N–H and O–H groups in total. The van der Waals surface area contributed by atoms with E-state index < -0.39 is 10.0 Å². The monoisotopic (exact) mass is 417 g/mol. The number of pyridine rings is 1. The number of hydrogen-bond donors (Lipinski definition) is 0. The fourth-order valence-corrected chi connectivity index (χ4v) is 5.02. The van der Waals surface area contributed by atoms with Crippen LogP contribution in [-0.2, 0) is 16.4 Å². The summed E-state index contributed by atoms with van der Waals surface area (Å²) in [4.78, 5) is 8.56. The van der Waals surface area contributed by atoms with Gasteiger partial charge in [-0.15, -0.1) is 0 Å². The third-order valence-corrected chi connectivity index (χ3v) is 6.97. The van der Waals surface area contributed by atoms with Crippen molar-refractivity contribution in [3.63, 3.8) is 0 Å². The maximum atomic E-state index is 12.9. The summed E-state index contributed by atoms with van der Waals surface area (Å²) in [5.41, 5.74) is 1.08. The van der Waals surface area contributed by atoms with Crippen LogP contribution >= 0.6 is 11.6 Å². The van der Waals surface area contributed by atoms with Crippen molar-refractivity contribution in [1.29, 1.82) is 0 Å². The molecule has 8 heteroatoms. The van der Waals surface area contributed by atoms with E-state index in [9.17, 15) is 8.42 Å².